The van der Waals surface area contributed by atoms with Crippen LogP contribution in [-0.2, 0) is 17.8 Å². The van der Waals surface area contributed by atoms with E-state index in [2.05, 4.69) is 32.9 Å². The molecule has 2 amide bonds. The van der Waals surface area contributed by atoms with Gasteiger partial charge in [-0.15, -0.1) is 35.3 Å². The summed E-state index contributed by atoms with van der Waals surface area (Å²) in [5.74, 6) is 0.487. The van der Waals surface area contributed by atoms with E-state index in [0.29, 0.717) is 25.2 Å². The molecule has 8 nitrogen and oxygen atoms in total. The normalized spacial score (nSPS) is 14.0. The highest BCUT2D eigenvalue weighted by Crippen LogP contribution is 2.11. The highest BCUT2D eigenvalue weighted by Gasteiger charge is 2.22. The molecule has 10 heteroatoms. The summed E-state index contributed by atoms with van der Waals surface area (Å²) in [6, 6.07) is 7.42. The number of nitrogens with one attached hydrogen (secondary N) is 3. The number of halogens is 1. The SMILES string of the molecule is CN=C(NCCc1ncc(C)s1)NCc1ccc(C(=O)N2CCNC(=O)C2)cc1.I. The zero-order valence-corrected chi connectivity index (χ0v) is 20.3. The maximum atomic E-state index is 12.5. The van der Waals surface area contributed by atoms with Crippen LogP contribution in [0.3, 0.4) is 0 Å². The highest BCUT2D eigenvalue weighted by molar-refractivity contribution is 14.0. The number of aliphatic imine (C=N–C) groups is 1. The summed E-state index contributed by atoms with van der Waals surface area (Å²) in [6.45, 7) is 4.55. The van der Waals surface area contributed by atoms with E-state index >= 15 is 0 Å². The molecule has 1 aromatic heterocycles. The highest BCUT2D eigenvalue weighted by atomic mass is 127. The number of guanidine groups is 1. The number of carbonyl (C=O) groups excluding carboxylic acids is 2. The van der Waals surface area contributed by atoms with Gasteiger partial charge in [-0.3, -0.25) is 14.6 Å². The molecule has 162 valence electrons. The summed E-state index contributed by atoms with van der Waals surface area (Å²) in [5.41, 5.74) is 1.63. The van der Waals surface area contributed by atoms with Gasteiger partial charge in [-0.1, -0.05) is 12.1 Å². The van der Waals surface area contributed by atoms with Gasteiger partial charge in [0, 0.05) is 56.3 Å². The third-order valence-corrected chi connectivity index (χ3v) is 5.48. The van der Waals surface area contributed by atoms with Crippen LogP contribution in [-0.4, -0.2) is 60.9 Å². The Morgan fingerprint density at radius 2 is 2.07 bits per heavy atom. The van der Waals surface area contributed by atoms with E-state index in [1.165, 1.54) is 4.88 Å². The van der Waals surface area contributed by atoms with Crippen LogP contribution in [0.5, 0.6) is 0 Å². The molecule has 2 aromatic rings. The maximum absolute atomic E-state index is 12.5. The smallest absolute Gasteiger partial charge is 0.254 e. The van der Waals surface area contributed by atoms with Gasteiger partial charge in [-0.25, -0.2) is 4.98 Å². The van der Waals surface area contributed by atoms with Crippen LogP contribution < -0.4 is 16.0 Å². The first-order valence-corrected chi connectivity index (χ1v) is 10.4. The first-order chi connectivity index (χ1) is 14.0. The molecule has 0 saturated carbocycles. The Morgan fingerprint density at radius 3 is 2.70 bits per heavy atom. The lowest BCUT2D eigenvalue weighted by molar-refractivity contribution is -0.123. The summed E-state index contributed by atoms with van der Waals surface area (Å²) in [6.07, 6.45) is 2.74. The van der Waals surface area contributed by atoms with Crippen molar-refractivity contribution in [3.63, 3.8) is 0 Å². The minimum atomic E-state index is -0.116. The number of aryl methyl sites for hydroxylation is 1. The average molecular weight is 542 g/mol. The van der Waals surface area contributed by atoms with Crippen molar-refractivity contribution in [2.45, 2.75) is 19.9 Å². The molecule has 1 fully saturated rings. The molecule has 0 bridgehead atoms. The zero-order chi connectivity index (χ0) is 20.6. The number of amides is 2. The average Bonchev–Trinajstić information content (AvgIpc) is 3.15. The summed E-state index contributed by atoms with van der Waals surface area (Å²) in [7, 11) is 1.74. The predicted molar refractivity (Wildman–Crippen MR) is 130 cm³/mol. The van der Waals surface area contributed by atoms with Gasteiger partial charge in [0.15, 0.2) is 5.96 Å². The van der Waals surface area contributed by atoms with Gasteiger partial charge in [-0.2, -0.15) is 0 Å². The Morgan fingerprint density at radius 1 is 1.30 bits per heavy atom. The second-order valence-corrected chi connectivity index (χ2v) is 8.06. The van der Waals surface area contributed by atoms with Crippen LogP contribution in [0.1, 0.15) is 25.8 Å². The number of thiazole rings is 1. The van der Waals surface area contributed by atoms with Gasteiger partial charge in [0.25, 0.3) is 5.91 Å². The molecule has 0 spiro atoms. The van der Waals surface area contributed by atoms with Crippen molar-refractivity contribution >= 4 is 53.1 Å². The molecule has 1 aromatic carbocycles. The van der Waals surface area contributed by atoms with Crippen molar-refractivity contribution in [3.05, 3.63) is 51.5 Å². The van der Waals surface area contributed by atoms with E-state index in [1.807, 2.05) is 18.3 Å². The van der Waals surface area contributed by atoms with Crippen LogP contribution in [0.4, 0.5) is 0 Å². The number of aromatic nitrogens is 1. The molecule has 1 aliphatic heterocycles. The number of piperazine rings is 1. The molecule has 0 radical (unpaired) electrons. The fourth-order valence-corrected chi connectivity index (χ4v) is 3.76. The number of rotatable bonds is 6. The predicted octanol–water partition coefficient (Wildman–Crippen LogP) is 1.55. The third kappa shape index (κ3) is 6.94. The Labute approximate surface area is 197 Å². The van der Waals surface area contributed by atoms with Crippen molar-refractivity contribution in [1.82, 2.24) is 25.8 Å². The molecular weight excluding hydrogens is 515 g/mol. The summed E-state index contributed by atoms with van der Waals surface area (Å²) in [5, 5.41) is 10.4. The molecule has 1 saturated heterocycles. The van der Waals surface area contributed by atoms with Gasteiger partial charge in [0.05, 0.1) is 11.6 Å². The minimum absolute atomic E-state index is 0. The van der Waals surface area contributed by atoms with Crippen molar-refractivity contribution in [2.24, 2.45) is 4.99 Å². The first-order valence-electron chi connectivity index (χ1n) is 9.56. The number of benzene rings is 1. The van der Waals surface area contributed by atoms with E-state index < -0.39 is 0 Å². The van der Waals surface area contributed by atoms with E-state index in [9.17, 15) is 9.59 Å². The van der Waals surface area contributed by atoms with Crippen LogP contribution in [0.25, 0.3) is 0 Å². The Kier molecular flexibility index (Phi) is 9.50. The molecule has 3 rings (SSSR count). The fourth-order valence-electron chi connectivity index (χ4n) is 2.97. The van der Waals surface area contributed by atoms with Crippen LogP contribution >= 0.6 is 35.3 Å². The van der Waals surface area contributed by atoms with Gasteiger partial charge >= 0.3 is 0 Å². The lowest BCUT2D eigenvalue weighted by atomic mass is 10.1. The van der Waals surface area contributed by atoms with Crippen molar-refractivity contribution < 1.29 is 9.59 Å². The first kappa shape index (κ1) is 24.1. The maximum Gasteiger partial charge on any atom is 0.254 e. The fraction of sp³-hybridized carbons (Fsp3) is 0.400. The molecule has 30 heavy (non-hydrogen) atoms. The van der Waals surface area contributed by atoms with E-state index in [4.69, 9.17) is 0 Å². The summed E-state index contributed by atoms with van der Waals surface area (Å²) in [4.78, 5) is 35.3. The van der Waals surface area contributed by atoms with Gasteiger partial charge in [-0.05, 0) is 24.6 Å². The monoisotopic (exact) mass is 542 g/mol. The Bertz CT molecular complexity index is 884. The molecule has 1 aliphatic rings. The Hall–Kier alpha value is -2.21. The van der Waals surface area contributed by atoms with Crippen molar-refractivity contribution in [2.75, 3.05) is 33.2 Å². The van der Waals surface area contributed by atoms with E-state index in [0.717, 1.165) is 29.5 Å². The van der Waals surface area contributed by atoms with Crippen molar-refractivity contribution in [3.8, 4) is 0 Å². The van der Waals surface area contributed by atoms with Gasteiger partial charge < -0.3 is 20.9 Å². The van der Waals surface area contributed by atoms with Crippen molar-refractivity contribution in [1.29, 1.82) is 0 Å². The summed E-state index contributed by atoms with van der Waals surface area (Å²) >= 11 is 1.71. The van der Waals surface area contributed by atoms with Gasteiger partial charge in [0.2, 0.25) is 5.91 Å². The molecule has 0 aliphatic carbocycles. The standard InChI is InChI=1S/C20H26N6O2S.HI/c1-14-11-24-18(29-14)7-8-23-20(21-2)25-12-15-3-5-16(6-4-15)19(28)26-10-9-22-17(27)13-26;/h3-6,11H,7-10,12-13H2,1-2H3,(H,22,27)(H2,21,23,25);1H. The van der Waals surface area contributed by atoms with Crippen LogP contribution in [0.15, 0.2) is 35.5 Å². The number of carbonyl (C=O) groups is 2. The molecule has 2 heterocycles. The molecular formula is C20H27IN6O2S. The van der Waals surface area contributed by atoms with Crippen LogP contribution in [0, 0.1) is 6.92 Å². The second kappa shape index (κ2) is 11.8. The van der Waals surface area contributed by atoms with E-state index in [-0.39, 0.29) is 42.3 Å². The van der Waals surface area contributed by atoms with Crippen LogP contribution in [0.2, 0.25) is 0 Å². The Balaban J connectivity index is 0.00000320. The third-order valence-electron chi connectivity index (χ3n) is 4.51. The molecule has 3 N–H and O–H groups in total. The lowest BCUT2D eigenvalue weighted by Crippen LogP contribution is -2.49. The number of hydrogen-bond acceptors (Lipinski definition) is 5. The van der Waals surface area contributed by atoms with E-state index in [1.54, 1.807) is 35.4 Å². The van der Waals surface area contributed by atoms with Gasteiger partial charge in [0.1, 0.15) is 0 Å². The topological polar surface area (TPSA) is 98.7 Å². The molecule has 0 atom stereocenters. The minimum Gasteiger partial charge on any atom is -0.356 e. The summed E-state index contributed by atoms with van der Waals surface area (Å²) < 4.78 is 0. The number of hydrogen-bond donors (Lipinski definition) is 3. The zero-order valence-electron chi connectivity index (χ0n) is 17.1. The quantitative estimate of drug-likeness (QED) is 0.293. The largest absolute Gasteiger partial charge is 0.356 e. The number of nitrogens with zero attached hydrogens (tertiary/aromatic N) is 3. The lowest BCUT2D eigenvalue weighted by Gasteiger charge is -2.26. The second-order valence-electron chi connectivity index (χ2n) is 6.74. The molecule has 0 unspecified atom stereocenters.